The lowest BCUT2D eigenvalue weighted by Crippen LogP contribution is -2.39. The number of benzene rings is 2. The number of carbonyl (C=O) groups excluding carboxylic acids is 1. The molecule has 0 atom stereocenters. The van der Waals surface area contributed by atoms with E-state index >= 15 is 0 Å². The van der Waals surface area contributed by atoms with E-state index in [9.17, 15) is 13.2 Å². The van der Waals surface area contributed by atoms with Gasteiger partial charge in [0.1, 0.15) is 5.75 Å². The number of sulfonamides is 1. The summed E-state index contributed by atoms with van der Waals surface area (Å²) in [5, 5.41) is 5.19. The van der Waals surface area contributed by atoms with Gasteiger partial charge in [-0.2, -0.15) is 0 Å². The van der Waals surface area contributed by atoms with E-state index in [2.05, 4.69) is 12.1 Å². The Hall–Kier alpha value is -2.38. The second-order valence-corrected chi connectivity index (χ2v) is 8.39. The second-order valence-electron chi connectivity index (χ2n) is 6.83. The molecule has 2 aromatic rings. The Labute approximate surface area is 160 Å². The summed E-state index contributed by atoms with van der Waals surface area (Å²) in [6.07, 6.45) is 2.84. The van der Waals surface area contributed by atoms with Crippen LogP contribution in [0, 0.1) is 5.92 Å². The molecule has 7 heteroatoms. The zero-order valence-electron chi connectivity index (χ0n) is 15.3. The van der Waals surface area contributed by atoms with Crippen molar-refractivity contribution in [1.29, 1.82) is 0 Å². The predicted octanol–water partition coefficient (Wildman–Crippen LogP) is 2.44. The highest BCUT2D eigenvalue weighted by Gasteiger charge is 2.26. The monoisotopic (exact) mass is 388 g/mol. The average molecular weight is 388 g/mol. The van der Waals surface area contributed by atoms with Gasteiger partial charge in [-0.1, -0.05) is 30.3 Å². The van der Waals surface area contributed by atoms with Crippen LogP contribution in [0.15, 0.2) is 53.4 Å². The van der Waals surface area contributed by atoms with E-state index < -0.39 is 10.0 Å². The number of nitrogens with zero attached hydrogens (tertiary/aromatic N) is 1. The molecule has 0 radical (unpaired) electrons. The van der Waals surface area contributed by atoms with Gasteiger partial charge in [0.25, 0.3) is 5.91 Å². The Kier molecular flexibility index (Phi) is 5.82. The molecular formula is C20H24N2O4S. The summed E-state index contributed by atoms with van der Waals surface area (Å²) in [4.78, 5) is 14.6. The van der Waals surface area contributed by atoms with Gasteiger partial charge >= 0.3 is 0 Å². The van der Waals surface area contributed by atoms with E-state index in [1.807, 2.05) is 18.2 Å². The van der Waals surface area contributed by atoms with Crippen molar-refractivity contribution in [3.8, 4) is 5.75 Å². The molecule has 0 spiro atoms. The third kappa shape index (κ3) is 4.67. The van der Waals surface area contributed by atoms with Crippen molar-refractivity contribution in [3.63, 3.8) is 0 Å². The highest BCUT2D eigenvalue weighted by molar-refractivity contribution is 7.89. The molecule has 1 heterocycles. The lowest BCUT2D eigenvalue weighted by atomic mass is 9.90. The molecular weight excluding hydrogens is 364 g/mol. The first kappa shape index (κ1) is 19.4. The standard InChI is InChI=1S/C20H24N2O4S/c1-26-19-8-7-17(27(21,24)25)14-18(19)20(23)22-11-9-16(10-12-22)13-15-5-3-2-4-6-15/h2-8,14,16H,9-13H2,1H3,(H2,21,24,25). The summed E-state index contributed by atoms with van der Waals surface area (Å²) in [5.74, 6) is 0.656. The van der Waals surface area contributed by atoms with Gasteiger partial charge < -0.3 is 9.64 Å². The van der Waals surface area contributed by atoms with E-state index in [4.69, 9.17) is 9.88 Å². The number of piperidine rings is 1. The Morgan fingerprint density at radius 3 is 2.41 bits per heavy atom. The number of likely N-dealkylation sites (tertiary alicyclic amines) is 1. The number of amides is 1. The zero-order chi connectivity index (χ0) is 19.4. The van der Waals surface area contributed by atoms with Crippen LogP contribution in [-0.2, 0) is 16.4 Å². The summed E-state index contributed by atoms with van der Waals surface area (Å²) < 4.78 is 28.5. The molecule has 1 aliphatic rings. The number of carbonyl (C=O) groups is 1. The van der Waals surface area contributed by atoms with Gasteiger partial charge in [0.15, 0.2) is 0 Å². The van der Waals surface area contributed by atoms with Crippen LogP contribution in [0.5, 0.6) is 5.75 Å². The third-order valence-electron chi connectivity index (χ3n) is 5.00. The van der Waals surface area contributed by atoms with Gasteiger partial charge in [0.2, 0.25) is 10.0 Å². The van der Waals surface area contributed by atoms with Crippen LogP contribution in [0.4, 0.5) is 0 Å². The van der Waals surface area contributed by atoms with Crippen LogP contribution < -0.4 is 9.88 Å². The molecule has 2 N–H and O–H groups in total. The molecule has 27 heavy (non-hydrogen) atoms. The lowest BCUT2D eigenvalue weighted by molar-refractivity contribution is 0.0687. The zero-order valence-corrected chi connectivity index (χ0v) is 16.1. The van der Waals surface area contributed by atoms with Crippen molar-refractivity contribution in [3.05, 3.63) is 59.7 Å². The van der Waals surface area contributed by atoms with E-state index in [-0.39, 0.29) is 16.4 Å². The van der Waals surface area contributed by atoms with Crippen LogP contribution in [-0.4, -0.2) is 39.4 Å². The largest absolute Gasteiger partial charge is 0.496 e. The quantitative estimate of drug-likeness (QED) is 0.852. The molecule has 1 aliphatic heterocycles. The third-order valence-corrected chi connectivity index (χ3v) is 5.91. The lowest BCUT2D eigenvalue weighted by Gasteiger charge is -2.32. The smallest absolute Gasteiger partial charge is 0.257 e. The fraction of sp³-hybridized carbons (Fsp3) is 0.350. The maximum absolute atomic E-state index is 12.9. The molecule has 1 amide bonds. The molecule has 0 aromatic heterocycles. The minimum atomic E-state index is -3.88. The Balaban J connectivity index is 1.70. The van der Waals surface area contributed by atoms with Crippen LogP contribution in [0.1, 0.15) is 28.8 Å². The Morgan fingerprint density at radius 2 is 1.81 bits per heavy atom. The topological polar surface area (TPSA) is 89.7 Å². The first-order chi connectivity index (χ1) is 12.9. The van der Waals surface area contributed by atoms with E-state index in [0.29, 0.717) is 24.8 Å². The maximum Gasteiger partial charge on any atom is 0.257 e. The van der Waals surface area contributed by atoms with Gasteiger partial charge in [-0.05, 0) is 48.9 Å². The Morgan fingerprint density at radius 1 is 1.15 bits per heavy atom. The van der Waals surface area contributed by atoms with Crippen molar-refractivity contribution in [1.82, 2.24) is 4.90 Å². The number of methoxy groups -OCH3 is 1. The molecule has 0 saturated carbocycles. The van der Waals surface area contributed by atoms with Crippen LogP contribution in [0.2, 0.25) is 0 Å². The van der Waals surface area contributed by atoms with Gasteiger partial charge in [-0.15, -0.1) is 0 Å². The summed E-state index contributed by atoms with van der Waals surface area (Å²) in [5.41, 5.74) is 1.54. The number of nitrogens with two attached hydrogens (primary N) is 1. The van der Waals surface area contributed by atoms with Gasteiger partial charge in [0, 0.05) is 13.1 Å². The van der Waals surface area contributed by atoms with Crippen molar-refractivity contribution in [2.24, 2.45) is 11.1 Å². The average Bonchev–Trinajstić information content (AvgIpc) is 2.67. The van der Waals surface area contributed by atoms with Gasteiger partial charge in [-0.3, -0.25) is 4.79 Å². The molecule has 144 valence electrons. The number of ether oxygens (including phenoxy) is 1. The molecule has 1 fully saturated rings. The molecule has 0 aliphatic carbocycles. The van der Waals surface area contributed by atoms with E-state index in [0.717, 1.165) is 19.3 Å². The van der Waals surface area contributed by atoms with Crippen molar-refractivity contribution in [2.45, 2.75) is 24.2 Å². The first-order valence-corrected chi connectivity index (χ1v) is 10.5. The minimum Gasteiger partial charge on any atom is -0.496 e. The van der Waals surface area contributed by atoms with Gasteiger partial charge in [0.05, 0.1) is 17.6 Å². The van der Waals surface area contributed by atoms with Crippen LogP contribution >= 0.6 is 0 Å². The summed E-state index contributed by atoms with van der Waals surface area (Å²) in [6, 6.07) is 14.5. The predicted molar refractivity (Wildman–Crippen MR) is 103 cm³/mol. The van der Waals surface area contributed by atoms with Crippen molar-refractivity contribution < 1.29 is 17.9 Å². The van der Waals surface area contributed by atoms with Gasteiger partial charge in [-0.25, -0.2) is 13.6 Å². The normalized spacial score (nSPS) is 15.6. The second kappa shape index (κ2) is 8.10. The van der Waals surface area contributed by atoms with Crippen LogP contribution in [0.3, 0.4) is 0 Å². The Bertz CT molecular complexity index is 905. The summed E-state index contributed by atoms with van der Waals surface area (Å²) in [6.45, 7) is 1.28. The highest BCUT2D eigenvalue weighted by atomic mass is 32.2. The molecule has 2 aromatic carbocycles. The molecule has 0 unspecified atom stereocenters. The minimum absolute atomic E-state index is 0.0920. The highest BCUT2D eigenvalue weighted by Crippen LogP contribution is 2.27. The maximum atomic E-state index is 12.9. The first-order valence-electron chi connectivity index (χ1n) is 8.92. The molecule has 3 rings (SSSR count). The molecule has 6 nitrogen and oxygen atoms in total. The van der Waals surface area contributed by atoms with Crippen molar-refractivity contribution in [2.75, 3.05) is 20.2 Å². The summed E-state index contributed by atoms with van der Waals surface area (Å²) >= 11 is 0. The fourth-order valence-electron chi connectivity index (χ4n) is 3.49. The molecule has 1 saturated heterocycles. The number of hydrogen-bond acceptors (Lipinski definition) is 4. The fourth-order valence-corrected chi connectivity index (χ4v) is 4.03. The van der Waals surface area contributed by atoms with Crippen molar-refractivity contribution >= 4 is 15.9 Å². The van der Waals surface area contributed by atoms with E-state index in [1.165, 1.54) is 30.9 Å². The SMILES string of the molecule is COc1ccc(S(N)(=O)=O)cc1C(=O)N1CCC(Cc2ccccc2)CC1. The van der Waals surface area contributed by atoms with Crippen LogP contribution in [0.25, 0.3) is 0 Å². The number of hydrogen-bond donors (Lipinski definition) is 1. The molecule has 0 bridgehead atoms. The van der Waals surface area contributed by atoms with E-state index in [1.54, 1.807) is 4.90 Å². The number of rotatable bonds is 5. The summed E-state index contributed by atoms with van der Waals surface area (Å²) in [7, 11) is -2.43. The number of primary sulfonamides is 1.